The molecule has 5 rings (SSSR count). The number of esters is 1. The Hall–Kier alpha value is -3.09. The summed E-state index contributed by atoms with van der Waals surface area (Å²) in [5.41, 5.74) is 0.203. The molecule has 11 nitrogen and oxygen atoms in total. The molecule has 12 heteroatoms. The van der Waals surface area contributed by atoms with E-state index in [0.29, 0.717) is 24.8 Å². The number of hydrogen-bond donors (Lipinski definition) is 1. The average Bonchev–Trinajstić information content (AvgIpc) is 3.64. The predicted octanol–water partition coefficient (Wildman–Crippen LogP) is 1.65. The normalized spacial score (nSPS) is 29.0. The Balaban J connectivity index is 1.47. The summed E-state index contributed by atoms with van der Waals surface area (Å²) in [6.45, 7) is 7.53. The Morgan fingerprint density at radius 1 is 1.31 bits per heavy atom. The number of rotatable bonds is 12. The third-order valence-corrected chi connectivity index (χ3v) is 8.66. The van der Waals surface area contributed by atoms with Crippen LogP contribution in [0.5, 0.6) is 0 Å². The first-order chi connectivity index (χ1) is 18.9. The van der Waals surface area contributed by atoms with E-state index < -0.39 is 35.6 Å². The maximum atomic E-state index is 14.3. The summed E-state index contributed by atoms with van der Waals surface area (Å²) in [4.78, 5) is 44.0. The molecule has 208 valence electrons. The highest BCUT2D eigenvalue weighted by Crippen LogP contribution is 2.60. The smallest absolute Gasteiger partial charge is 0.312 e. The Morgan fingerprint density at radius 3 is 2.85 bits per heavy atom. The molecule has 39 heavy (non-hydrogen) atoms. The van der Waals surface area contributed by atoms with Gasteiger partial charge in [-0.05, 0) is 31.4 Å². The first kappa shape index (κ1) is 27.5. The van der Waals surface area contributed by atoms with Crippen molar-refractivity contribution in [2.24, 2.45) is 11.8 Å². The molecule has 3 aliphatic heterocycles. The zero-order valence-corrected chi connectivity index (χ0v) is 23.1. The van der Waals surface area contributed by atoms with Gasteiger partial charge in [0.25, 0.3) is 0 Å². The number of alkyl halides is 1. The van der Waals surface area contributed by atoms with Gasteiger partial charge < -0.3 is 24.4 Å². The zero-order chi connectivity index (χ0) is 27.7. The van der Waals surface area contributed by atoms with Crippen LogP contribution in [0.1, 0.15) is 19.3 Å². The quantitative estimate of drug-likeness (QED) is 0.168. The fourth-order valence-electron chi connectivity index (χ4n) is 6.25. The van der Waals surface area contributed by atoms with Crippen LogP contribution < -0.4 is 0 Å². The van der Waals surface area contributed by atoms with Gasteiger partial charge in [0.05, 0.1) is 36.7 Å². The van der Waals surface area contributed by atoms with Crippen molar-refractivity contribution in [3.8, 4) is 0 Å². The van der Waals surface area contributed by atoms with Crippen molar-refractivity contribution in [3.05, 3.63) is 49.6 Å². The number of aromatic nitrogens is 3. The first-order valence-corrected chi connectivity index (χ1v) is 14.0. The Labute approximate surface area is 234 Å². The number of para-hydroxylation sites is 1. The molecule has 0 saturated carbocycles. The Morgan fingerprint density at radius 2 is 2.10 bits per heavy atom. The van der Waals surface area contributed by atoms with Gasteiger partial charge in [0.15, 0.2) is 0 Å². The molecule has 0 aliphatic carbocycles. The van der Waals surface area contributed by atoms with Gasteiger partial charge in [0.2, 0.25) is 11.8 Å². The Kier molecular flexibility index (Phi) is 7.88. The molecular weight excluding hydrogens is 570 g/mol. The fraction of sp³-hybridized carbons (Fsp3) is 0.519. The summed E-state index contributed by atoms with van der Waals surface area (Å²) < 4.78 is 13.6. The minimum Gasteiger partial charge on any atom is -0.465 e. The summed E-state index contributed by atoms with van der Waals surface area (Å²) in [5, 5.41) is 18.2. The van der Waals surface area contributed by atoms with Crippen molar-refractivity contribution in [2.75, 3.05) is 26.3 Å². The molecule has 0 radical (unpaired) electrons. The maximum Gasteiger partial charge on any atom is 0.312 e. The van der Waals surface area contributed by atoms with Crippen LogP contribution >= 0.6 is 15.9 Å². The Bertz CT molecular complexity index is 1280. The number of hydrogen-bond acceptors (Lipinski definition) is 8. The highest BCUT2D eigenvalue weighted by atomic mass is 79.9. The second-order valence-corrected chi connectivity index (χ2v) is 11.3. The molecule has 4 heterocycles. The zero-order valence-electron chi connectivity index (χ0n) is 21.5. The highest BCUT2D eigenvalue weighted by Gasteiger charge is 2.77. The molecule has 1 aromatic carbocycles. The van der Waals surface area contributed by atoms with Crippen molar-refractivity contribution in [1.29, 1.82) is 0 Å². The van der Waals surface area contributed by atoms with Gasteiger partial charge in [-0.3, -0.25) is 14.4 Å². The number of allylic oxidation sites excluding steroid dienone is 1. The van der Waals surface area contributed by atoms with Crippen molar-refractivity contribution in [3.63, 3.8) is 0 Å². The molecule has 3 unspecified atom stereocenters. The van der Waals surface area contributed by atoms with Gasteiger partial charge in [0, 0.05) is 17.9 Å². The number of aliphatic hydroxyl groups excluding tert-OH is 1. The molecule has 1 N–H and O–H groups in total. The monoisotopic (exact) mass is 601 g/mol. The van der Waals surface area contributed by atoms with Gasteiger partial charge in [-0.1, -0.05) is 45.4 Å². The van der Waals surface area contributed by atoms with Crippen molar-refractivity contribution in [1.82, 2.24) is 24.8 Å². The van der Waals surface area contributed by atoms with Crippen LogP contribution in [0.15, 0.2) is 49.6 Å². The number of ether oxygens (including phenoxy) is 2. The van der Waals surface area contributed by atoms with E-state index in [9.17, 15) is 19.5 Å². The second-order valence-electron chi connectivity index (χ2n) is 10.1. The first-order valence-electron chi connectivity index (χ1n) is 13.1. The van der Waals surface area contributed by atoms with Crippen molar-refractivity contribution in [2.45, 2.75) is 48.5 Å². The highest BCUT2D eigenvalue weighted by molar-refractivity contribution is 9.09. The molecule has 3 saturated heterocycles. The van der Waals surface area contributed by atoms with Crippen LogP contribution in [-0.4, -0.2) is 96.6 Å². The van der Waals surface area contributed by atoms with Crippen molar-refractivity contribution >= 4 is 44.7 Å². The standard InChI is InChI=1S/C27H32BrN5O6/c1-3-5-8-14-38-26(37)20-21-24(35)32(12-13-34)23(27(21)15-17(28)22(20)39-27)25(36)31(11-4-2)16-33-19-10-7-6-9-18(19)29-30-33/h3-4,6-7,9-10,17,20-23,34H,1-2,5,8,11-16H2/t17?,20-,21-,22-,23?,27?/m0/s1. The van der Waals surface area contributed by atoms with E-state index in [1.54, 1.807) is 16.8 Å². The number of carbonyl (C=O) groups excluding carboxylic acids is 3. The molecule has 3 fully saturated rings. The lowest BCUT2D eigenvalue weighted by Gasteiger charge is -2.36. The van der Waals surface area contributed by atoms with Crippen LogP contribution in [0, 0.1) is 11.8 Å². The lowest BCUT2D eigenvalue weighted by molar-refractivity contribution is -0.155. The average molecular weight is 602 g/mol. The van der Waals surface area contributed by atoms with Crippen LogP contribution in [0.4, 0.5) is 0 Å². The number of unbranched alkanes of at least 4 members (excludes halogenated alkanes) is 1. The topological polar surface area (TPSA) is 127 Å². The summed E-state index contributed by atoms with van der Waals surface area (Å²) in [7, 11) is 0. The summed E-state index contributed by atoms with van der Waals surface area (Å²) in [5.74, 6) is -3.02. The molecule has 1 aromatic heterocycles. The number of halogens is 1. The summed E-state index contributed by atoms with van der Waals surface area (Å²) in [6.07, 6.45) is 4.43. The number of aliphatic hydroxyl groups is 1. The van der Waals surface area contributed by atoms with Crippen molar-refractivity contribution < 1.29 is 29.0 Å². The summed E-state index contributed by atoms with van der Waals surface area (Å²) in [6, 6.07) is 6.37. The molecule has 2 bridgehead atoms. The maximum absolute atomic E-state index is 14.3. The van der Waals surface area contributed by atoms with E-state index in [0.717, 1.165) is 5.52 Å². The number of likely N-dealkylation sites (tertiary alicyclic amines) is 1. The van der Waals surface area contributed by atoms with Crippen LogP contribution in [0.25, 0.3) is 11.0 Å². The van der Waals surface area contributed by atoms with Crippen LogP contribution in [0.2, 0.25) is 0 Å². The number of benzene rings is 1. The van der Waals surface area contributed by atoms with E-state index in [4.69, 9.17) is 9.47 Å². The minimum atomic E-state index is -1.24. The van der Waals surface area contributed by atoms with Gasteiger partial charge in [-0.2, -0.15) is 0 Å². The number of carbonyl (C=O) groups is 3. The number of fused-ring (bicyclic) bond motifs is 2. The number of amides is 2. The van der Waals surface area contributed by atoms with Crippen LogP contribution in [0.3, 0.4) is 0 Å². The van der Waals surface area contributed by atoms with Gasteiger partial charge >= 0.3 is 5.97 Å². The number of nitrogens with zero attached hydrogens (tertiary/aromatic N) is 5. The third kappa shape index (κ3) is 4.57. The third-order valence-electron chi connectivity index (χ3n) is 7.82. The minimum absolute atomic E-state index is 0.0657. The molecular formula is C27H32BrN5O6. The molecule has 2 amide bonds. The van der Waals surface area contributed by atoms with E-state index in [-0.39, 0.29) is 49.6 Å². The largest absolute Gasteiger partial charge is 0.465 e. The lowest BCUT2D eigenvalue weighted by atomic mass is 9.70. The van der Waals surface area contributed by atoms with Gasteiger partial charge in [-0.25, -0.2) is 4.68 Å². The van der Waals surface area contributed by atoms with Crippen LogP contribution in [-0.2, 0) is 30.5 Å². The second kappa shape index (κ2) is 11.2. The predicted molar refractivity (Wildman–Crippen MR) is 144 cm³/mol. The van der Waals surface area contributed by atoms with Gasteiger partial charge in [0.1, 0.15) is 23.8 Å². The molecule has 1 spiro atoms. The molecule has 2 aromatic rings. The molecule has 3 aliphatic rings. The van der Waals surface area contributed by atoms with E-state index in [1.807, 2.05) is 24.3 Å². The van der Waals surface area contributed by atoms with E-state index in [2.05, 4.69) is 39.4 Å². The van der Waals surface area contributed by atoms with E-state index in [1.165, 1.54) is 9.80 Å². The van der Waals surface area contributed by atoms with Gasteiger partial charge in [-0.15, -0.1) is 18.3 Å². The number of β-amino-alcohol motifs (C(OH)–C–C–N with tert-alkyl or cyclic N) is 1. The SMILES string of the molecule is C=CCCCOC(=O)[C@H]1[C@H]2C(=O)N(CCO)C(C(=O)N(CC=C)Cn3nnc4ccccc43)C23CC(Br)[C@@H]1O3. The summed E-state index contributed by atoms with van der Waals surface area (Å²) >= 11 is 3.64. The molecule has 6 atom stereocenters. The lowest BCUT2D eigenvalue weighted by Crippen LogP contribution is -2.57. The fourth-order valence-corrected chi connectivity index (χ4v) is 7.20. The van der Waals surface area contributed by atoms with E-state index >= 15 is 0 Å².